The number of nitrogens with one attached hydrogen (secondary N) is 1. The van der Waals surface area contributed by atoms with E-state index in [2.05, 4.69) is 5.32 Å². The second-order valence-corrected chi connectivity index (χ2v) is 2.40. The highest BCUT2D eigenvalue weighted by atomic mass is 16.3. The highest BCUT2D eigenvalue weighted by Gasteiger charge is 2.20. The predicted octanol–water partition coefficient (Wildman–Crippen LogP) is -1.24. The van der Waals surface area contributed by atoms with Gasteiger partial charge in [0.25, 0.3) is 0 Å². The molecule has 10 heavy (non-hydrogen) atoms. The number of aliphatic hydroxyl groups excluding tert-OH is 1. The van der Waals surface area contributed by atoms with Crippen LogP contribution in [0.4, 0.5) is 0 Å². The highest BCUT2D eigenvalue weighted by molar-refractivity contribution is 5.73. The largest absolute Gasteiger partial charge is 0.372 e. The number of piperazine rings is 1. The van der Waals surface area contributed by atoms with E-state index in [4.69, 9.17) is 0 Å². The monoisotopic (exact) mass is 144 g/mol. The number of amides is 1. The van der Waals surface area contributed by atoms with E-state index >= 15 is 0 Å². The van der Waals surface area contributed by atoms with Crippen LogP contribution in [0.3, 0.4) is 0 Å². The van der Waals surface area contributed by atoms with Crippen LogP contribution in [-0.2, 0) is 4.79 Å². The van der Waals surface area contributed by atoms with Gasteiger partial charge in [-0.2, -0.15) is 0 Å². The summed E-state index contributed by atoms with van der Waals surface area (Å²) in [5.74, 6) is -0.0611. The van der Waals surface area contributed by atoms with Crippen LogP contribution in [0.1, 0.15) is 6.92 Å². The summed E-state index contributed by atoms with van der Waals surface area (Å²) in [4.78, 5) is 12.2. The molecule has 1 fully saturated rings. The summed E-state index contributed by atoms with van der Waals surface area (Å²) in [6, 6.07) is 0. The molecule has 0 saturated carbocycles. The van der Waals surface area contributed by atoms with Gasteiger partial charge in [-0.25, -0.2) is 0 Å². The number of aliphatic hydroxyl groups is 1. The lowest BCUT2D eigenvalue weighted by molar-refractivity contribution is -0.140. The van der Waals surface area contributed by atoms with Crippen molar-refractivity contribution in [2.45, 2.75) is 13.2 Å². The fourth-order valence-corrected chi connectivity index (χ4v) is 1.06. The Kier molecular flexibility index (Phi) is 2.24. The van der Waals surface area contributed by atoms with Crippen molar-refractivity contribution in [1.29, 1.82) is 0 Å². The quantitative estimate of drug-likeness (QED) is 0.447. The molecule has 1 amide bonds. The van der Waals surface area contributed by atoms with Gasteiger partial charge < -0.3 is 15.3 Å². The Morgan fingerprint density at radius 1 is 1.80 bits per heavy atom. The lowest BCUT2D eigenvalue weighted by Gasteiger charge is -2.31. The first-order chi connectivity index (χ1) is 4.72. The molecule has 0 bridgehead atoms. The molecule has 1 aliphatic rings. The molecular weight excluding hydrogens is 132 g/mol. The van der Waals surface area contributed by atoms with Crippen LogP contribution in [0.2, 0.25) is 0 Å². The summed E-state index contributed by atoms with van der Waals surface area (Å²) in [6.07, 6.45) is -0.633. The molecule has 4 nitrogen and oxygen atoms in total. The van der Waals surface area contributed by atoms with E-state index in [0.29, 0.717) is 13.1 Å². The Hall–Kier alpha value is -0.610. The normalized spacial score (nSPS) is 26.6. The Morgan fingerprint density at radius 2 is 2.50 bits per heavy atom. The van der Waals surface area contributed by atoms with E-state index in [9.17, 15) is 9.90 Å². The minimum Gasteiger partial charge on any atom is -0.372 e. The minimum atomic E-state index is -0.633. The first-order valence-corrected chi connectivity index (χ1v) is 3.38. The van der Waals surface area contributed by atoms with Gasteiger partial charge in [0.2, 0.25) is 5.91 Å². The molecule has 4 heteroatoms. The molecule has 1 unspecified atom stereocenters. The molecule has 0 aromatic heterocycles. The summed E-state index contributed by atoms with van der Waals surface area (Å²) in [5, 5.41) is 12.2. The van der Waals surface area contributed by atoms with E-state index in [-0.39, 0.29) is 5.91 Å². The van der Waals surface area contributed by atoms with E-state index in [0.717, 1.165) is 6.54 Å². The highest BCUT2D eigenvalue weighted by Crippen LogP contribution is 1.98. The Balaban J connectivity index is 2.47. The van der Waals surface area contributed by atoms with Crippen molar-refractivity contribution in [3.8, 4) is 0 Å². The summed E-state index contributed by atoms with van der Waals surface area (Å²) >= 11 is 0. The van der Waals surface area contributed by atoms with Gasteiger partial charge in [-0.1, -0.05) is 0 Å². The van der Waals surface area contributed by atoms with Crippen LogP contribution < -0.4 is 5.32 Å². The first-order valence-electron chi connectivity index (χ1n) is 3.38. The lowest BCUT2D eigenvalue weighted by Crippen LogP contribution is -2.52. The predicted molar refractivity (Wildman–Crippen MR) is 36.3 cm³/mol. The van der Waals surface area contributed by atoms with Gasteiger partial charge >= 0.3 is 0 Å². The smallest absolute Gasteiger partial charge is 0.221 e. The number of carbonyl (C=O) groups excluding carboxylic acids is 1. The standard InChI is InChI=1S/C6H12N2O2/c1-5(9)8-3-2-7-4-6(8)10/h6-7,10H,2-4H2,1H3. The van der Waals surface area contributed by atoms with Crippen LogP contribution in [0.25, 0.3) is 0 Å². The van der Waals surface area contributed by atoms with E-state index in [1.54, 1.807) is 0 Å². The zero-order valence-corrected chi connectivity index (χ0v) is 6.00. The molecule has 58 valence electrons. The molecular formula is C6H12N2O2. The average Bonchev–Trinajstić information content (AvgIpc) is 1.88. The number of β-amino-alcohol motifs (C(OH)–C–C–N with tert-alkyl or cyclic N) is 1. The Morgan fingerprint density at radius 3 is 2.90 bits per heavy atom. The maximum atomic E-state index is 10.7. The molecule has 1 rings (SSSR count). The van der Waals surface area contributed by atoms with Crippen molar-refractivity contribution in [1.82, 2.24) is 10.2 Å². The van der Waals surface area contributed by atoms with Gasteiger partial charge in [0, 0.05) is 26.6 Å². The molecule has 0 aliphatic carbocycles. The number of rotatable bonds is 0. The van der Waals surface area contributed by atoms with Crippen LogP contribution in [0.15, 0.2) is 0 Å². The van der Waals surface area contributed by atoms with Crippen molar-refractivity contribution < 1.29 is 9.90 Å². The third-order valence-corrected chi connectivity index (χ3v) is 1.62. The molecule has 0 spiro atoms. The number of nitrogens with zero attached hydrogens (tertiary/aromatic N) is 1. The van der Waals surface area contributed by atoms with Gasteiger partial charge in [-0.05, 0) is 0 Å². The molecule has 0 radical (unpaired) electrons. The van der Waals surface area contributed by atoms with Crippen molar-refractivity contribution in [2.75, 3.05) is 19.6 Å². The fourth-order valence-electron chi connectivity index (χ4n) is 1.06. The van der Waals surface area contributed by atoms with Gasteiger partial charge in [0.05, 0.1) is 0 Å². The third-order valence-electron chi connectivity index (χ3n) is 1.62. The Bertz CT molecular complexity index is 138. The van der Waals surface area contributed by atoms with Gasteiger partial charge in [0.1, 0.15) is 6.23 Å². The van der Waals surface area contributed by atoms with E-state index in [1.165, 1.54) is 11.8 Å². The second-order valence-electron chi connectivity index (χ2n) is 2.40. The lowest BCUT2D eigenvalue weighted by atomic mass is 10.3. The Labute approximate surface area is 59.8 Å². The summed E-state index contributed by atoms with van der Waals surface area (Å²) in [7, 11) is 0. The molecule has 1 aliphatic heterocycles. The molecule has 0 aromatic carbocycles. The number of hydrogen-bond acceptors (Lipinski definition) is 3. The summed E-state index contributed by atoms with van der Waals surface area (Å²) in [5.41, 5.74) is 0. The van der Waals surface area contributed by atoms with Gasteiger partial charge in [0.15, 0.2) is 0 Å². The summed E-state index contributed by atoms with van der Waals surface area (Å²) in [6.45, 7) is 3.33. The number of carbonyl (C=O) groups is 1. The van der Waals surface area contributed by atoms with Crippen LogP contribution >= 0.6 is 0 Å². The van der Waals surface area contributed by atoms with Crippen molar-refractivity contribution >= 4 is 5.91 Å². The van der Waals surface area contributed by atoms with E-state index < -0.39 is 6.23 Å². The van der Waals surface area contributed by atoms with Crippen LogP contribution in [-0.4, -0.2) is 41.8 Å². The van der Waals surface area contributed by atoms with Crippen LogP contribution in [0, 0.1) is 0 Å². The molecule has 0 aromatic rings. The van der Waals surface area contributed by atoms with Crippen LogP contribution in [0.5, 0.6) is 0 Å². The number of hydrogen-bond donors (Lipinski definition) is 2. The zero-order valence-electron chi connectivity index (χ0n) is 6.00. The first kappa shape index (κ1) is 7.50. The minimum absolute atomic E-state index is 0.0611. The topological polar surface area (TPSA) is 52.6 Å². The SMILES string of the molecule is CC(=O)N1CCNCC1O. The van der Waals surface area contributed by atoms with E-state index in [1.807, 2.05) is 0 Å². The average molecular weight is 144 g/mol. The zero-order chi connectivity index (χ0) is 7.56. The van der Waals surface area contributed by atoms with Gasteiger partial charge in [-0.3, -0.25) is 4.79 Å². The molecule has 2 N–H and O–H groups in total. The maximum absolute atomic E-state index is 10.7. The fraction of sp³-hybridized carbons (Fsp3) is 0.833. The maximum Gasteiger partial charge on any atom is 0.221 e. The second kappa shape index (κ2) is 2.98. The molecule has 1 heterocycles. The van der Waals surface area contributed by atoms with Crippen molar-refractivity contribution in [2.24, 2.45) is 0 Å². The molecule has 1 saturated heterocycles. The molecule has 1 atom stereocenters. The van der Waals surface area contributed by atoms with Crippen molar-refractivity contribution in [3.63, 3.8) is 0 Å². The summed E-state index contributed by atoms with van der Waals surface area (Å²) < 4.78 is 0. The van der Waals surface area contributed by atoms with Crippen molar-refractivity contribution in [3.05, 3.63) is 0 Å². The third kappa shape index (κ3) is 1.46. The van der Waals surface area contributed by atoms with Gasteiger partial charge in [-0.15, -0.1) is 0 Å².